The van der Waals surface area contributed by atoms with Gasteiger partial charge in [-0.2, -0.15) is 0 Å². The number of nitrogens with zero attached hydrogens (tertiary/aromatic N) is 2. The van der Waals surface area contributed by atoms with E-state index in [1.807, 2.05) is 18.2 Å². The zero-order valence-corrected chi connectivity index (χ0v) is 11.0. The van der Waals surface area contributed by atoms with Crippen molar-refractivity contribution in [1.29, 1.82) is 0 Å². The van der Waals surface area contributed by atoms with E-state index in [1.165, 1.54) is 24.0 Å². The van der Waals surface area contributed by atoms with Crippen LogP contribution in [-0.2, 0) is 19.3 Å². The number of aryl methyl sites for hydroxylation is 1. The van der Waals surface area contributed by atoms with Gasteiger partial charge in [-0.15, -0.1) is 0 Å². The molecule has 0 amide bonds. The van der Waals surface area contributed by atoms with Crippen LogP contribution in [0.1, 0.15) is 35.5 Å². The minimum Gasteiger partial charge on any atom is -0.237 e. The van der Waals surface area contributed by atoms with E-state index in [4.69, 9.17) is 11.6 Å². The van der Waals surface area contributed by atoms with E-state index in [9.17, 15) is 0 Å². The van der Waals surface area contributed by atoms with Gasteiger partial charge >= 0.3 is 0 Å². The maximum Gasteiger partial charge on any atom is 0.136 e. The van der Waals surface area contributed by atoms with Crippen LogP contribution in [-0.4, -0.2) is 9.97 Å². The van der Waals surface area contributed by atoms with Gasteiger partial charge in [-0.25, -0.2) is 9.97 Å². The Hall–Kier alpha value is -1.41. The van der Waals surface area contributed by atoms with E-state index in [2.05, 4.69) is 22.1 Å². The molecule has 0 bridgehead atoms. The van der Waals surface area contributed by atoms with Crippen LogP contribution in [0.15, 0.2) is 30.3 Å². The van der Waals surface area contributed by atoms with Crippen molar-refractivity contribution in [3.8, 4) is 0 Å². The summed E-state index contributed by atoms with van der Waals surface area (Å²) in [5.41, 5.74) is 3.55. The fourth-order valence-corrected chi connectivity index (χ4v) is 2.76. The summed E-state index contributed by atoms with van der Waals surface area (Å²) in [6.45, 7) is 0. The number of aromatic nitrogens is 2. The Balaban J connectivity index is 1.91. The number of hydrogen-bond acceptors (Lipinski definition) is 2. The topological polar surface area (TPSA) is 25.8 Å². The Kier molecular flexibility index (Phi) is 3.28. The van der Waals surface area contributed by atoms with Crippen LogP contribution in [0, 0.1) is 0 Å². The monoisotopic (exact) mass is 258 g/mol. The molecule has 2 nitrogen and oxygen atoms in total. The molecule has 18 heavy (non-hydrogen) atoms. The Morgan fingerprint density at radius 1 is 1.00 bits per heavy atom. The van der Waals surface area contributed by atoms with Gasteiger partial charge in [-0.05, 0) is 31.2 Å². The lowest BCUT2D eigenvalue weighted by molar-refractivity contribution is 0.656. The van der Waals surface area contributed by atoms with Gasteiger partial charge in [0.1, 0.15) is 11.0 Å². The first-order chi connectivity index (χ1) is 8.83. The van der Waals surface area contributed by atoms with Crippen LogP contribution in [0.3, 0.4) is 0 Å². The molecule has 3 rings (SSSR count). The Morgan fingerprint density at radius 2 is 1.78 bits per heavy atom. The van der Waals surface area contributed by atoms with Gasteiger partial charge in [0.05, 0.1) is 0 Å². The fourth-order valence-electron chi connectivity index (χ4n) is 2.45. The quantitative estimate of drug-likeness (QED) is 0.770. The van der Waals surface area contributed by atoms with E-state index < -0.39 is 0 Å². The SMILES string of the molecule is Clc1nc(Cc2ccccc2)nc2c1CCCC2. The van der Waals surface area contributed by atoms with Crippen LogP contribution in [0.5, 0.6) is 0 Å². The highest BCUT2D eigenvalue weighted by Crippen LogP contribution is 2.25. The minimum atomic E-state index is 0.658. The molecule has 3 heteroatoms. The molecule has 0 fully saturated rings. The molecule has 0 atom stereocenters. The molecule has 1 aliphatic carbocycles. The van der Waals surface area contributed by atoms with Crippen molar-refractivity contribution in [3.05, 3.63) is 58.1 Å². The molecule has 1 aliphatic rings. The molecule has 0 spiro atoms. The molecule has 1 aromatic heterocycles. The molecule has 0 radical (unpaired) electrons. The van der Waals surface area contributed by atoms with Crippen molar-refractivity contribution in [2.75, 3.05) is 0 Å². The van der Waals surface area contributed by atoms with Gasteiger partial charge in [0, 0.05) is 17.7 Å². The molecule has 0 saturated carbocycles. The molecule has 1 heterocycles. The molecule has 0 unspecified atom stereocenters. The average molecular weight is 259 g/mol. The summed E-state index contributed by atoms with van der Waals surface area (Å²) in [7, 11) is 0. The zero-order chi connectivity index (χ0) is 12.4. The normalized spacial score (nSPS) is 14.3. The number of benzene rings is 1. The Morgan fingerprint density at radius 3 is 2.61 bits per heavy atom. The van der Waals surface area contributed by atoms with Crippen molar-refractivity contribution in [2.45, 2.75) is 32.1 Å². The van der Waals surface area contributed by atoms with Crippen LogP contribution < -0.4 is 0 Å². The molecule has 0 aliphatic heterocycles. The lowest BCUT2D eigenvalue weighted by Crippen LogP contribution is -2.10. The summed E-state index contributed by atoms with van der Waals surface area (Å²) in [6, 6.07) is 10.3. The summed E-state index contributed by atoms with van der Waals surface area (Å²) >= 11 is 6.26. The van der Waals surface area contributed by atoms with E-state index in [0.717, 1.165) is 30.8 Å². The van der Waals surface area contributed by atoms with E-state index in [0.29, 0.717) is 5.15 Å². The summed E-state index contributed by atoms with van der Waals surface area (Å²) in [4.78, 5) is 9.11. The van der Waals surface area contributed by atoms with Crippen molar-refractivity contribution < 1.29 is 0 Å². The molecule has 0 saturated heterocycles. The molecule has 0 N–H and O–H groups in total. The number of fused-ring (bicyclic) bond motifs is 1. The first-order valence-electron chi connectivity index (χ1n) is 6.41. The first kappa shape index (κ1) is 11.7. The maximum absolute atomic E-state index is 6.26. The van der Waals surface area contributed by atoms with Gasteiger partial charge < -0.3 is 0 Å². The highest BCUT2D eigenvalue weighted by Gasteiger charge is 2.16. The largest absolute Gasteiger partial charge is 0.237 e. The second kappa shape index (κ2) is 5.07. The highest BCUT2D eigenvalue weighted by atomic mass is 35.5. The number of rotatable bonds is 2. The lowest BCUT2D eigenvalue weighted by atomic mass is 9.97. The third-order valence-electron chi connectivity index (χ3n) is 3.38. The maximum atomic E-state index is 6.26. The number of halogens is 1. The van der Waals surface area contributed by atoms with E-state index in [1.54, 1.807) is 0 Å². The Labute approximate surface area is 112 Å². The van der Waals surface area contributed by atoms with Crippen LogP contribution >= 0.6 is 11.6 Å². The zero-order valence-electron chi connectivity index (χ0n) is 10.2. The summed E-state index contributed by atoms with van der Waals surface area (Å²) < 4.78 is 0. The van der Waals surface area contributed by atoms with Crippen LogP contribution in [0.25, 0.3) is 0 Å². The second-order valence-corrected chi connectivity index (χ2v) is 5.08. The Bertz CT molecular complexity index is 552. The molecular formula is C15H15ClN2. The third-order valence-corrected chi connectivity index (χ3v) is 3.70. The van der Waals surface area contributed by atoms with Crippen molar-refractivity contribution >= 4 is 11.6 Å². The van der Waals surface area contributed by atoms with Crippen LogP contribution in [0.4, 0.5) is 0 Å². The van der Waals surface area contributed by atoms with E-state index >= 15 is 0 Å². The highest BCUT2D eigenvalue weighted by molar-refractivity contribution is 6.30. The predicted octanol–water partition coefficient (Wildman–Crippen LogP) is 3.60. The molecule has 92 valence electrons. The van der Waals surface area contributed by atoms with Gasteiger partial charge in [0.25, 0.3) is 0 Å². The lowest BCUT2D eigenvalue weighted by Gasteiger charge is -2.16. The molecule has 1 aromatic carbocycles. The fraction of sp³-hybridized carbons (Fsp3) is 0.333. The first-order valence-corrected chi connectivity index (χ1v) is 6.79. The van der Waals surface area contributed by atoms with Crippen LogP contribution in [0.2, 0.25) is 5.15 Å². The van der Waals surface area contributed by atoms with Crippen molar-refractivity contribution in [1.82, 2.24) is 9.97 Å². The van der Waals surface area contributed by atoms with E-state index in [-0.39, 0.29) is 0 Å². The average Bonchev–Trinajstić information content (AvgIpc) is 2.40. The smallest absolute Gasteiger partial charge is 0.136 e. The third kappa shape index (κ3) is 2.39. The summed E-state index contributed by atoms with van der Waals surface area (Å²) in [5, 5.41) is 0.658. The van der Waals surface area contributed by atoms with Crippen molar-refractivity contribution in [3.63, 3.8) is 0 Å². The number of hydrogen-bond donors (Lipinski definition) is 0. The molecule has 2 aromatic rings. The standard InChI is InChI=1S/C15H15ClN2/c16-15-12-8-4-5-9-13(12)17-14(18-15)10-11-6-2-1-3-7-11/h1-3,6-7H,4-5,8-10H2. The van der Waals surface area contributed by atoms with Gasteiger partial charge in [0.15, 0.2) is 0 Å². The molecular weight excluding hydrogens is 244 g/mol. The van der Waals surface area contributed by atoms with Gasteiger partial charge in [-0.1, -0.05) is 41.9 Å². The van der Waals surface area contributed by atoms with Crippen molar-refractivity contribution in [2.24, 2.45) is 0 Å². The van der Waals surface area contributed by atoms with Gasteiger partial charge in [0.2, 0.25) is 0 Å². The summed E-state index contributed by atoms with van der Waals surface area (Å²) in [6.07, 6.45) is 5.24. The summed E-state index contributed by atoms with van der Waals surface area (Å²) in [5.74, 6) is 0.840. The van der Waals surface area contributed by atoms with Gasteiger partial charge in [-0.3, -0.25) is 0 Å². The predicted molar refractivity (Wildman–Crippen MR) is 72.9 cm³/mol. The minimum absolute atomic E-state index is 0.658. The second-order valence-electron chi connectivity index (χ2n) is 4.73.